The quantitative estimate of drug-likeness (QED) is 0.305. The molecule has 5 rings (SSSR count). The predicted molar refractivity (Wildman–Crippen MR) is 125 cm³/mol. The zero-order chi connectivity index (χ0) is 20.0. The summed E-state index contributed by atoms with van der Waals surface area (Å²) in [6, 6.07) is 31.1. The Kier molecular flexibility index (Phi) is 4.24. The van der Waals surface area contributed by atoms with Crippen molar-refractivity contribution in [1.29, 1.82) is 0 Å². The van der Waals surface area contributed by atoms with Gasteiger partial charge in [0.05, 0.1) is 11.0 Å². The average molecular weight is 376 g/mol. The fourth-order valence-electron chi connectivity index (χ4n) is 4.45. The molecule has 0 fully saturated rings. The van der Waals surface area contributed by atoms with Crippen molar-refractivity contribution in [3.05, 3.63) is 102 Å². The normalized spacial score (nSPS) is 11.4. The Morgan fingerprint density at radius 2 is 1.38 bits per heavy atom. The van der Waals surface area contributed by atoms with E-state index in [1.165, 1.54) is 55.3 Å². The summed E-state index contributed by atoms with van der Waals surface area (Å²) in [6.07, 6.45) is 1.01. The molecule has 0 unspecified atom stereocenters. The average Bonchev–Trinajstić information content (AvgIpc) is 3.07. The van der Waals surface area contributed by atoms with Gasteiger partial charge in [-0.25, -0.2) is 0 Å². The van der Waals surface area contributed by atoms with E-state index in [0.29, 0.717) is 0 Å². The third-order valence-electron chi connectivity index (χ3n) is 6.01. The largest absolute Gasteiger partial charge is 0.309 e. The van der Waals surface area contributed by atoms with E-state index in [4.69, 9.17) is 0 Å². The molecule has 0 aliphatic carbocycles. The molecule has 0 saturated heterocycles. The fourth-order valence-corrected chi connectivity index (χ4v) is 4.45. The molecule has 1 nitrogen and oxygen atoms in total. The second kappa shape index (κ2) is 6.93. The standard InChI is InChI=1S/C28H25N/c1-4-21-17-28-26(18-25(21)23-10-6-5-9-20(23)3)24-11-7-8-12-27(24)29(28)22-15-13-19(2)14-16-22/h5-18H,4H2,1-3H3. The Labute approximate surface area is 172 Å². The highest BCUT2D eigenvalue weighted by molar-refractivity contribution is 6.11. The van der Waals surface area contributed by atoms with E-state index in [9.17, 15) is 0 Å². The van der Waals surface area contributed by atoms with Gasteiger partial charge in [0.2, 0.25) is 0 Å². The molecule has 1 aromatic heterocycles. The zero-order valence-electron chi connectivity index (χ0n) is 17.2. The Morgan fingerprint density at radius 3 is 2.14 bits per heavy atom. The molecular formula is C28H25N. The van der Waals surface area contributed by atoms with Crippen molar-refractivity contribution in [2.75, 3.05) is 0 Å². The minimum absolute atomic E-state index is 1.01. The van der Waals surface area contributed by atoms with Crippen LogP contribution in [0.15, 0.2) is 84.9 Å². The molecule has 0 spiro atoms. The molecule has 0 radical (unpaired) electrons. The fraction of sp³-hybridized carbons (Fsp3) is 0.143. The van der Waals surface area contributed by atoms with Crippen LogP contribution in [0.4, 0.5) is 0 Å². The minimum Gasteiger partial charge on any atom is -0.309 e. The molecule has 0 atom stereocenters. The third-order valence-corrected chi connectivity index (χ3v) is 6.01. The van der Waals surface area contributed by atoms with Gasteiger partial charge >= 0.3 is 0 Å². The van der Waals surface area contributed by atoms with Gasteiger partial charge in [-0.2, -0.15) is 0 Å². The van der Waals surface area contributed by atoms with Crippen LogP contribution in [0.3, 0.4) is 0 Å². The number of aryl methyl sites for hydroxylation is 3. The first-order valence-electron chi connectivity index (χ1n) is 10.4. The minimum atomic E-state index is 1.01. The lowest BCUT2D eigenvalue weighted by molar-refractivity contribution is 1.13. The van der Waals surface area contributed by atoms with E-state index in [2.05, 4.69) is 110 Å². The molecule has 29 heavy (non-hydrogen) atoms. The van der Waals surface area contributed by atoms with Gasteiger partial charge < -0.3 is 4.57 Å². The van der Waals surface area contributed by atoms with E-state index >= 15 is 0 Å². The highest BCUT2D eigenvalue weighted by Crippen LogP contribution is 2.37. The van der Waals surface area contributed by atoms with E-state index in [1.807, 2.05) is 0 Å². The van der Waals surface area contributed by atoms with Gasteiger partial charge in [0.1, 0.15) is 0 Å². The van der Waals surface area contributed by atoms with Crippen LogP contribution in [-0.4, -0.2) is 4.57 Å². The molecule has 0 aliphatic rings. The molecule has 0 bridgehead atoms. The second-order valence-corrected chi connectivity index (χ2v) is 7.88. The molecule has 0 saturated carbocycles. The van der Waals surface area contributed by atoms with E-state index in [0.717, 1.165) is 6.42 Å². The number of hydrogen-bond donors (Lipinski definition) is 0. The molecule has 4 aromatic carbocycles. The smallest absolute Gasteiger partial charge is 0.0544 e. The van der Waals surface area contributed by atoms with Crippen LogP contribution in [0.25, 0.3) is 38.6 Å². The summed E-state index contributed by atoms with van der Waals surface area (Å²) in [7, 11) is 0. The van der Waals surface area contributed by atoms with Gasteiger partial charge in [-0.15, -0.1) is 0 Å². The van der Waals surface area contributed by atoms with Gasteiger partial charge in [-0.3, -0.25) is 0 Å². The van der Waals surface area contributed by atoms with Crippen LogP contribution >= 0.6 is 0 Å². The Hall–Kier alpha value is -3.32. The first kappa shape index (κ1) is 17.8. The number of para-hydroxylation sites is 1. The molecule has 0 amide bonds. The zero-order valence-corrected chi connectivity index (χ0v) is 17.2. The molecule has 1 heterocycles. The van der Waals surface area contributed by atoms with Crippen molar-refractivity contribution in [1.82, 2.24) is 4.57 Å². The number of nitrogens with zero attached hydrogens (tertiary/aromatic N) is 1. The summed E-state index contributed by atoms with van der Waals surface area (Å²) < 4.78 is 2.41. The summed E-state index contributed by atoms with van der Waals surface area (Å²) >= 11 is 0. The maximum atomic E-state index is 2.41. The van der Waals surface area contributed by atoms with Crippen molar-refractivity contribution in [2.24, 2.45) is 0 Å². The third kappa shape index (κ3) is 2.86. The van der Waals surface area contributed by atoms with Crippen LogP contribution in [-0.2, 0) is 6.42 Å². The maximum absolute atomic E-state index is 2.41. The van der Waals surface area contributed by atoms with Gasteiger partial charge in [-0.1, -0.05) is 67.1 Å². The first-order valence-corrected chi connectivity index (χ1v) is 10.4. The Balaban J connectivity index is 1.89. The van der Waals surface area contributed by atoms with Gasteiger partial charge in [0, 0.05) is 16.5 Å². The monoisotopic (exact) mass is 375 g/mol. The molecule has 5 aromatic rings. The molecule has 1 heteroatoms. The lowest BCUT2D eigenvalue weighted by atomic mass is 9.93. The summed E-state index contributed by atoms with van der Waals surface area (Å²) in [6.45, 7) is 6.59. The number of benzene rings is 4. The molecule has 0 N–H and O–H groups in total. The van der Waals surface area contributed by atoms with Crippen molar-refractivity contribution < 1.29 is 0 Å². The summed E-state index contributed by atoms with van der Waals surface area (Å²) in [4.78, 5) is 0. The van der Waals surface area contributed by atoms with E-state index in [1.54, 1.807) is 0 Å². The van der Waals surface area contributed by atoms with Crippen LogP contribution in [0, 0.1) is 13.8 Å². The van der Waals surface area contributed by atoms with Crippen LogP contribution in [0.2, 0.25) is 0 Å². The maximum Gasteiger partial charge on any atom is 0.0544 e. The van der Waals surface area contributed by atoms with Gasteiger partial charge in [-0.05, 0) is 72.9 Å². The van der Waals surface area contributed by atoms with Crippen molar-refractivity contribution in [3.8, 4) is 16.8 Å². The lowest BCUT2D eigenvalue weighted by Gasteiger charge is -2.13. The van der Waals surface area contributed by atoms with Gasteiger partial charge in [0.15, 0.2) is 0 Å². The van der Waals surface area contributed by atoms with Crippen LogP contribution in [0.5, 0.6) is 0 Å². The Bertz CT molecular complexity index is 1340. The number of rotatable bonds is 3. The van der Waals surface area contributed by atoms with Gasteiger partial charge in [0.25, 0.3) is 0 Å². The Morgan fingerprint density at radius 1 is 0.655 bits per heavy atom. The number of fused-ring (bicyclic) bond motifs is 3. The summed E-state index contributed by atoms with van der Waals surface area (Å²) in [5.41, 5.74) is 10.4. The van der Waals surface area contributed by atoms with Crippen molar-refractivity contribution in [3.63, 3.8) is 0 Å². The van der Waals surface area contributed by atoms with Crippen molar-refractivity contribution in [2.45, 2.75) is 27.2 Å². The topological polar surface area (TPSA) is 4.93 Å². The van der Waals surface area contributed by atoms with Crippen LogP contribution < -0.4 is 0 Å². The molecular weight excluding hydrogens is 350 g/mol. The summed E-state index contributed by atoms with van der Waals surface area (Å²) in [5.74, 6) is 0. The molecule has 0 aliphatic heterocycles. The highest BCUT2D eigenvalue weighted by Gasteiger charge is 2.16. The summed E-state index contributed by atoms with van der Waals surface area (Å²) in [5, 5.41) is 2.62. The predicted octanol–water partition coefficient (Wildman–Crippen LogP) is 7.63. The number of hydrogen-bond acceptors (Lipinski definition) is 0. The molecule has 142 valence electrons. The van der Waals surface area contributed by atoms with Crippen molar-refractivity contribution >= 4 is 21.8 Å². The number of aromatic nitrogens is 1. The second-order valence-electron chi connectivity index (χ2n) is 7.88. The van der Waals surface area contributed by atoms with E-state index < -0.39 is 0 Å². The lowest BCUT2D eigenvalue weighted by Crippen LogP contribution is -1.96. The van der Waals surface area contributed by atoms with E-state index in [-0.39, 0.29) is 0 Å². The SMILES string of the molecule is CCc1cc2c(cc1-c1ccccc1C)c1ccccc1n2-c1ccc(C)cc1. The van der Waals surface area contributed by atoms with Crippen LogP contribution in [0.1, 0.15) is 23.6 Å². The first-order chi connectivity index (χ1) is 14.2. The highest BCUT2D eigenvalue weighted by atomic mass is 15.0.